The summed E-state index contributed by atoms with van der Waals surface area (Å²) in [4.78, 5) is 25.7. The SMILES string of the molecule is CCOc1nc(Cc2ccc(Cl)cc2)nc2oc(-c3cc(C)c(OCC(O)CNC(=O)C4(O)CC4)c(C)c3)nc12. The molecule has 2 aromatic carbocycles. The fourth-order valence-corrected chi connectivity index (χ4v) is 4.45. The van der Waals surface area contributed by atoms with E-state index in [1.807, 2.05) is 57.2 Å². The van der Waals surface area contributed by atoms with Crippen molar-refractivity contribution in [3.63, 3.8) is 0 Å². The topological polar surface area (TPSA) is 140 Å². The summed E-state index contributed by atoms with van der Waals surface area (Å²) in [6, 6.07) is 11.2. The molecule has 1 amide bonds. The largest absolute Gasteiger partial charge is 0.490 e. The van der Waals surface area contributed by atoms with Gasteiger partial charge in [0.2, 0.25) is 11.8 Å². The Labute approximate surface area is 236 Å². The lowest BCUT2D eigenvalue weighted by atomic mass is 10.1. The van der Waals surface area contributed by atoms with E-state index in [9.17, 15) is 15.0 Å². The zero-order chi connectivity index (χ0) is 28.4. The number of halogens is 1. The van der Waals surface area contributed by atoms with Crippen molar-refractivity contribution in [2.45, 2.75) is 51.7 Å². The maximum atomic E-state index is 11.9. The van der Waals surface area contributed by atoms with Crippen LogP contribution in [0.3, 0.4) is 0 Å². The highest BCUT2D eigenvalue weighted by atomic mass is 35.5. The second-order valence-corrected chi connectivity index (χ2v) is 10.4. The zero-order valence-corrected chi connectivity index (χ0v) is 23.3. The predicted octanol–water partition coefficient (Wildman–Crippen LogP) is 3.93. The first-order chi connectivity index (χ1) is 19.1. The number of amides is 1. The Morgan fingerprint density at radius 2 is 1.82 bits per heavy atom. The number of fused-ring (bicyclic) bond motifs is 1. The second kappa shape index (κ2) is 11.4. The van der Waals surface area contributed by atoms with E-state index in [1.54, 1.807) is 0 Å². The lowest BCUT2D eigenvalue weighted by molar-refractivity contribution is -0.131. The Morgan fingerprint density at radius 3 is 2.48 bits per heavy atom. The molecule has 0 bridgehead atoms. The van der Waals surface area contributed by atoms with Crippen LogP contribution in [0.1, 0.15) is 42.3 Å². The monoisotopic (exact) mass is 566 g/mol. The number of ether oxygens (including phenoxy) is 2. The number of carbonyl (C=O) groups excluding carboxylic acids is 1. The van der Waals surface area contributed by atoms with E-state index in [4.69, 9.17) is 25.5 Å². The Balaban J connectivity index is 1.32. The van der Waals surface area contributed by atoms with E-state index in [0.29, 0.717) is 65.5 Å². The van der Waals surface area contributed by atoms with Crippen LogP contribution in [0.2, 0.25) is 5.02 Å². The minimum absolute atomic E-state index is 0.0105. The summed E-state index contributed by atoms with van der Waals surface area (Å²) in [6.45, 7) is 6.03. The summed E-state index contributed by atoms with van der Waals surface area (Å²) in [5.74, 6) is 1.42. The van der Waals surface area contributed by atoms with Gasteiger partial charge in [-0.1, -0.05) is 23.7 Å². The fourth-order valence-electron chi connectivity index (χ4n) is 4.32. The Morgan fingerprint density at radius 1 is 1.12 bits per heavy atom. The van der Waals surface area contributed by atoms with Crippen molar-refractivity contribution in [3.05, 3.63) is 63.9 Å². The van der Waals surface area contributed by atoms with E-state index in [-0.39, 0.29) is 13.2 Å². The van der Waals surface area contributed by atoms with E-state index in [0.717, 1.165) is 22.3 Å². The smallest absolute Gasteiger partial charge is 0.254 e. The third kappa shape index (κ3) is 6.19. The maximum Gasteiger partial charge on any atom is 0.254 e. The molecule has 1 atom stereocenters. The van der Waals surface area contributed by atoms with E-state index >= 15 is 0 Å². The van der Waals surface area contributed by atoms with Crippen LogP contribution in [0.15, 0.2) is 40.8 Å². The van der Waals surface area contributed by atoms with E-state index in [1.165, 1.54) is 0 Å². The molecule has 5 rings (SSSR count). The molecule has 1 aliphatic carbocycles. The van der Waals surface area contributed by atoms with E-state index < -0.39 is 17.6 Å². The number of aliphatic hydroxyl groups is 2. The number of aliphatic hydroxyl groups excluding tert-OH is 1. The standard InChI is InChI=1S/C29H31ClN4O6/c1-4-38-26-23-27(33-22(32-26)13-18-5-7-20(30)8-6-18)40-25(34-23)19-11-16(2)24(17(3)12-19)39-15-21(35)14-31-28(36)29(37)9-10-29/h5-8,11-12,21,35,37H,4,9-10,13-15H2,1-3H3,(H,31,36). The third-order valence-electron chi connectivity index (χ3n) is 6.60. The van der Waals surface area contributed by atoms with Gasteiger partial charge < -0.3 is 29.4 Å². The molecule has 40 heavy (non-hydrogen) atoms. The van der Waals surface area contributed by atoms with Crippen LogP contribution in [-0.4, -0.2) is 62.5 Å². The molecule has 2 aromatic heterocycles. The average Bonchev–Trinajstić information content (AvgIpc) is 3.52. The first-order valence-corrected chi connectivity index (χ1v) is 13.5. The molecule has 2 heterocycles. The number of rotatable bonds is 11. The molecule has 0 spiro atoms. The van der Waals surface area contributed by atoms with Gasteiger partial charge in [-0.15, -0.1) is 0 Å². The van der Waals surface area contributed by atoms with Crippen molar-refractivity contribution < 1.29 is 28.9 Å². The minimum atomic E-state index is -1.28. The quantitative estimate of drug-likeness (QED) is 0.246. The minimum Gasteiger partial charge on any atom is -0.490 e. The van der Waals surface area contributed by atoms with E-state index in [2.05, 4.69) is 20.3 Å². The van der Waals surface area contributed by atoms with Crippen molar-refractivity contribution in [2.24, 2.45) is 0 Å². The molecule has 0 radical (unpaired) electrons. The van der Waals surface area contributed by atoms with Gasteiger partial charge in [0.1, 0.15) is 29.9 Å². The number of aryl methyl sites for hydroxylation is 2. The Kier molecular flexibility index (Phi) is 7.93. The molecule has 1 unspecified atom stereocenters. The number of nitrogens with one attached hydrogen (secondary N) is 1. The van der Waals surface area contributed by atoms with Gasteiger partial charge in [-0.3, -0.25) is 4.79 Å². The Hall–Kier alpha value is -3.73. The number of carbonyl (C=O) groups is 1. The lowest BCUT2D eigenvalue weighted by Gasteiger charge is -2.17. The number of aromatic nitrogens is 3. The van der Waals surface area contributed by atoms with Crippen molar-refractivity contribution in [1.29, 1.82) is 0 Å². The molecule has 0 saturated heterocycles. The van der Waals surface area contributed by atoms with Crippen LogP contribution in [0.25, 0.3) is 22.7 Å². The summed E-state index contributed by atoms with van der Waals surface area (Å²) >= 11 is 6.01. The van der Waals surface area contributed by atoms with Gasteiger partial charge in [0.05, 0.1) is 6.61 Å². The lowest BCUT2D eigenvalue weighted by Crippen LogP contribution is -2.41. The first kappa shape index (κ1) is 27.8. The van der Waals surface area contributed by atoms with Crippen LogP contribution in [-0.2, 0) is 11.2 Å². The van der Waals surface area contributed by atoms with Gasteiger partial charge in [-0.25, -0.2) is 4.98 Å². The summed E-state index contributed by atoms with van der Waals surface area (Å²) < 4.78 is 17.7. The molecule has 1 fully saturated rings. The maximum absolute atomic E-state index is 11.9. The highest BCUT2D eigenvalue weighted by molar-refractivity contribution is 6.30. The normalized spacial score (nSPS) is 14.7. The molecule has 1 saturated carbocycles. The van der Waals surface area contributed by atoms with Crippen LogP contribution in [0, 0.1) is 13.8 Å². The summed E-state index contributed by atoms with van der Waals surface area (Å²) in [6.07, 6.45) is 0.435. The van der Waals surface area contributed by atoms with Gasteiger partial charge in [0.15, 0.2) is 5.52 Å². The molecule has 1 aliphatic rings. The van der Waals surface area contributed by atoms with Crippen molar-refractivity contribution in [1.82, 2.24) is 20.3 Å². The molecule has 0 aliphatic heterocycles. The fraction of sp³-hybridized carbons (Fsp3) is 0.379. The highest BCUT2D eigenvalue weighted by Gasteiger charge is 2.47. The number of hydrogen-bond acceptors (Lipinski definition) is 9. The zero-order valence-electron chi connectivity index (χ0n) is 22.5. The highest BCUT2D eigenvalue weighted by Crippen LogP contribution is 2.35. The Bertz CT molecular complexity index is 1510. The third-order valence-corrected chi connectivity index (χ3v) is 6.85. The van der Waals surface area contributed by atoms with Crippen molar-refractivity contribution >= 4 is 28.7 Å². The predicted molar refractivity (Wildman–Crippen MR) is 149 cm³/mol. The molecule has 210 valence electrons. The van der Waals surface area contributed by atoms with Crippen molar-refractivity contribution in [2.75, 3.05) is 19.8 Å². The summed E-state index contributed by atoms with van der Waals surface area (Å²) in [5, 5.41) is 23.3. The van der Waals surface area contributed by atoms with Gasteiger partial charge in [0.25, 0.3) is 11.6 Å². The number of oxazole rings is 1. The molecule has 4 aromatic rings. The van der Waals surface area contributed by atoms with Gasteiger partial charge in [-0.2, -0.15) is 9.97 Å². The summed E-state index contributed by atoms with van der Waals surface area (Å²) in [7, 11) is 0. The van der Waals surface area contributed by atoms with Crippen LogP contribution >= 0.6 is 11.6 Å². The molecule has 3 N–H and O–H groups in total. The summed E-state index contributed by atoms with van der Waals surface area (Å²) in [5.41, 5.74) is 2.86. The number of hydrogen-bond donors (Lipinski definition) is 3. The first-order valence-electron chi connectivity index (χ1n) is 13.1. The number of benzene rings is 2. The van der Waals surface area contributed by atoms with Gasteiger partial charge in [0, 0.05) is 23.6 Å². The van der Waals surface area contributed by atoms with Crippen LogP contribution in [0.4, 0.5) is 0 Å². The van der Waals surface area contributed by atoms with Crippen molar-refractivity contribution in [3.8, 4) is 23.1 Å². The molecule has 11 heteroatoms. The molecular weight excluding hydrogens is 536 g/mol. The second-order valence-electron chi connectivity index (χ2n) is 10.00. The van der Waals surface area contributed by atoms with Crippen LogP contribution < -0.4 is 14.8 Å². The van der Waals surface area contributed by atoms with Gasteiger partial charge in [-0.05, 0) is 74.6 Å². The average molecular weight is 567 g/mol. The van der Waals surface area contributed by atoms with Gasteiger partial charge >= 0.3 is 0 Å². The van der Waals surface area contributed by atoms with Crippen LogP contribution in [0.5, 0.6) is 11.6 Å². The molecular formula is C29H31ClN4O6. The molecule has 10 nitrogen and oxygen atoms in total. The number of nitrogens with zero attached hydrogens (tertiary/aromatic N) is 3.